The molecule has 310 valence electrons. The van der Waals surface area contributed by atoms with Crippen LogP contribution < -0.4 is 0 Å². The summed E-state index contributed by atoms with van der Waals surface area (Å²) in [4.78, 5) is 56.0. The van der Waals surface area contributed by atoms with Crippen molar-refractivity contribution in [2.75, 3.05) is 13.7 Å². The minimum absolute atomic E-state index is 0.0340. The van der Waals surface area contributed by atoms with E-state index in [1.165, 1.54) is 12.0 Å². The van der Waals surface area contributed by atoms with E-state index in [0.29, 0.717) is 63.4 Å². The summed E-state index contributed by atoms with van der Waals surface area (Å²) in [6.45, 7) is 13.4. The SMILES string of the molecule is C=CC[C@@H]1/C=C(\C)C[C@H](C)C[C@H](OC)[C@H]2O[C@@](O)(CC(=O)N3CCCC[C@H]3C(=O)O[C@H](/C(C)=C/[C@@H]3CC[C@@H](O)[C@H](O)C3)[C@H](C)[C@@H](O)CC1=O)[C@H](C)C[C@@H]2C=O. The molecule has 4 aliphatic rings. The Balaban J connectivity index is 1.75. The number of amides is 1. The normalized spacial score (nSPS) is 41.9. The number of methoxy groups -OCH3 is 1. The molecule has 0 aromatic rings. The number of ketones is 1. The first-order valence-corrected chi connectivity index (χ1v) is 20.4. The van der Waals surface area contributed by atoms with E-state index in [0.717, 1.165) is 11.9 Å². The van der Waals surface area contributed by atoms with Gasteiger partial charge in [-0.2, -0.15) is 0 Å². The number of aldehydes is 1. The third-order valence-electron chi connectivity index (χ3n) is 12.6. The van der Waals surface area contributed by atoms with Crippen molar-refractivity contribution in [3.63, 3.8) is 0 Å². The fourth-order valence-electron chi connectivity index (χ4n) is 9.28. The highest BCUT2D eigenvalue weighted by molar-refractivity contribution is 5.85. The van der Waals surface area contributed by atoms with E-state index >= 15 is 0 Å². The third-order valence-corrected chi connectivity index (χ3v) is 12.6. The van der Waals surface area contributed by atoms with E-state index in [9.17, 15) is 39.6 Å². The van der Waals surface area contributed by atoms with Crippen molar-refractivity contribution >= 4 is 23.9 Å². The van der Waals surface area contributed by atoms with E-state index in [1.807, 2.05) is 26.0 Å². The summed E-state index contributed by atoms with van der Waals surface area (Å²) in [6, 6.07) is -0.957. The summed E-state index contributed by atoms with van der Waals surface area (Å²) >= 11 is 0. The topological polar surface area (TPSA) is 180 Å². The van der Waals surface area contributed by atoms with Crippen LogP contribution in [-0.4, -0.2) is 111 Å². The first-order valence-electron chi connectivity index (χ1n) is 20.4. The van der Waals surface area contributed by atoms with Crippen molar-refractivity contribution in [1.82, 2.24) is 4.90 Å². The van der Waals surface area contributed by atoms with Crippen molar-refractivity contribution in [3.05, 3.63) is 36.0 Å². The van der Waals surface area contributed by atoms with Crippen LogP contribution in [0.3, 0.4) is 0 Å². The second-order valence-corrected chi connectivity index (χ2v) is 17.2. The van der Waals surface area contributed by atoms with E-state index in [4.69, 9.17) is 14.2 Å². The number of hydrogen-bond acceptors (Lipinski definition) is 11. The maximum absolute atomic E-state index is 14.2. The Labute approximate surface area is 327 Å². The van der Waals surface area contributed by atoms with Crippen LogP contribution in [0.1, 0.15) is 112 Å². The Bertz CT molecular complexity index is 1410. The van der Waals surface area contributed by atoms with Gasteiger partial charge in [-0.05, 0) is 95.5 Å². The molecule has 1 saturated carbocycles. The summed E-state index contributed by atoms with van der Waals surface area (Å²) in [7, 11) is 1.54. The van der Waals surface area contributed by atoms with Gasteiger partial charge in [-0.15, -0.1) is 6.58 Å². The van der Waals surface area contributed by atoms with E-state index in [2.05, 4.69) is 6.58 Å². The van der Waals surface area contributed by atoms with Crippen LogP contribution in [0.5, 0.6) is 0 Å². The molecule has 14 atom stereocenters. The smallest absolute Gasteiger partial charge is 0.329 e. The maximum Gasteiger partial charge on any atom is 0.329 e. The molecule has 3 heterocycles. The van der Waals surface area contributed by atoms with Gasteiger partial charge in [0.2, 0.25) is 5.91 Å². The number of carbonyl (C=O) groups is 4. The highest BCUT2D eigenvalue weighted by Gasteiger charge is 2.51. The number of aliphatic hydroxyl groups excluding tert-OH is 3. The largest absolute Gasteiger partial charge is 0.456 e. The number of carbonyl (C=O) groups excluding carboxylic acids is 4. The Kier molecular flexibility index (Phi) is 16.4. The van der Waals surface area contributed by atoms with Crippen molar-refractivity contribution in [3.8, 4) is 0 Å². The number of aliphatic hydroxyl groups is 4. The minimum Gasteiger partial charge on any atom is -0.456 e. The average molecular weight is 774 g/mol. The lowest BCUT2D eigenvalue weighted by Crippen LogP contribution is -2.58. The molecule has 0 radical (unpaired) electrons. The van der Waals surface area contributed by atoms with Crippen LogP contribution >= 0.6 is 0 Å². The quantitative estimate of drug-likeness (QED) is 0.168. The van der Waals surface area contributed by atoms with E-state index in [-0.39, 0.29) is 37.0 Å². The van der Waals surface area contributed by atoms with Crippen molar-refractivity contribution < 1.29 is 53.8 Å². The zero-order valence-corrected chi connectivity index (χ0v) is 33.8. The molecule has 0 unspecified atom stereocenters. The Hall–Kier alpha value is -2.74. The molecule has 12 heteroatoms. The second kappa shape index (κ2) is 20.1. The van der Waals surface area contributed by atoms with Gasteiger partial charge in [0.25, 0.3) is 0 Å². The molecule has 2 saturated heterocycles. The number of cyclic esters (lactones) is 1. The summed E-state index contributed by atoms with van der Waals surface area (Å²) in [6.07, 6.45) is 5.31. The zero-order chi connectivity index (χ0) is 40.6. The van der Waals surface area contributed by atoms with Crippen molar-refractivity contribution in [2.45, 2.75) is 160 Å². The number of rotatable bonds is 6. The number of Topliss-reactive ketones (excluding diaryl/α,β-unsaturated/α-hetero) is 1. The van der Waals surface area contributed by atoms with Crippen LogP contribution in [0.2, 0.25) is 0 Å². The molecule has 12 nitrogen and oxygen atoms in total. The highest BCUT2D eigenvalue weighted by Crippen LogP contribution is 2.41. The molecular weight excluding hydrogens is 706 g/mol. The first-order chi connectivity index (χ1) is 26.0. The Morgan fingerprint density at radius 3 is 2.40 bits per heavy atom. The third kappa shape index (κ3) is 11.4. The molecule has 2 bridgehead atoms. The molecule has 0 aromatic heterocycles. The lowest BCUT2D eigenvalue weighted by molar-refractivity contribution is -0.306. The number of ether oxygens (including phenoxy) is 3. The van der Waals surface area contributed by atoms with Crippen LogP contribution in [0.4, 0.5) is 0 Å². The first kappa shape index (κ1) is 45.0. The van der Waals surface area contributed by atoms with Crippen LogP contribution in [0, 0.1) is 35.5 Å². The second-order valence-electron chi connectivity index (χ2n) is 17.2. The van der Waals surface area contributed by atoms with Gasteiger partial charge in [0.1, 0.15) is 24.2 Å². The number of esters is 1. The van der Waals surface area contributed by atoms with Crippen molar-refractivity contribution in [2.24, 2.45) is 35.5 Å². The standard InChI is InChI=1S/C43H67NO11/c1-8-11-31-17-25(2)16-26(3)18-38(53-7)41-32(24-45)20-28(5)43(52,55-41)23-39(50)44-15-10-9-12-33(44)42(51)54-40(29(6)35(47)22-36(31)48)27(4)19-30-13-14-34(46)37(49)21-30/h8,17,19,24,26,28-35,37-38,40-41,46-47,49,52H,1,9-16,18,20-23H2,2-7H3/b25-17+,27-19+/t26-,28+,29+,30-,31+,32+,33-,34+,35-,37+,38-,40+,41-,43-/m0/s1. The highest BCUT2D eigenvalue weighted by atomic mass is 16.6. The van der Waals surface area contributed by atoms with E-state index < -0.39 is 90.4 Å². The van der Waals surface area contributed by atoms with Crippen LogP contribution in [-0.2, 0) is 33.4 Å². The van der Waals surface area contributed by atoms with Crippen LogP contribution in [0.15, 0.2) is 36.0 Å². The molecule has 3 fully saturated rings. The van der Waals surface area contributed by atoms with Gasteiger partial charge in [0, 0.05) is 43.7 Å². The fourth-order valence-corrected chi connectivity index (χ4v) is 9.28. The van der Waals surface area contributed by atoms with Gasteiger partial charge in [-0.3, -0.25) is 9.59 Å². The molecule has 4 rings (SSSR count). The molecular formula is C43H67NO11. The summed E-state index contributed by atoms with van der Waals surface area (Å²) in [5.41, 5.74) is 1.60. The average Bonchev–Trinajstić information content (AvgIpc) is 3.14. The molecule has 0 aromatic carbocycles. The van der Waals surface area contributed by atoms with Crippen LogP contribution in [0.25, 0.3) is 0 Å². The number of fused-ring (bicyclic) bond motifs is 3. The Morgan fingerprint density at radius 2 is 1.75 bits per heavy atom. The number of nitrogens with zero attached hydrogens (tertiary/aromatic N) is 1. The van der Waals surface area contributed by atoms with Crippen molar-refractivity contribution in [1.29, 1.82) is 0 Å². The predicted octanol–water partition coefficient (Wildman–Crippen LogP) is 4.61. The molecule has 3 aliphatic heterocycles. The van der Waals surface area contributed by atoms with Gasteiger partial charge >= 0.3 is 5.97 Å². The maximum atomic E-state index is 14.2. The van der Waals surface area contributed by atoms with Gasteiger partial charge in [-0.1, -0.05) is 44.6 Å². The number of piperidine rings is 1. The summed E-state index contributed by atoms with van der Waals surface area (Å²) in [5.74, 6) is -5.69. The molecule has 4 N–H and O–H groups in total. The lowest BCUT2D eigenvalue weighted by Gasteiger charge is -2.47. The van der Waals surface area contributed by atoms with E-state index in [1.54, 1.807) is 26.8 Å². The monoisotopic (exact) mass is 773 g/mol. The summed E-state index contributed by atoms with van der Waals surface area (Å²) < 4.78 is 18.5. The molecule has 1 aliphatic carbocycles. The predicted molar refractivity (Wildman–Crippen MR) is 206 cm³/mol. The molecule has 55 heavy (non-hydrogen) atoms. The number of allylic oxidation sites excluding steroid dienone is 4. The summed E-state index contributed by atoms with van der Waals surface area (Å²) in [5, 5.41) is 44.1. The lowest BCUT2D eigenvalue weighted by atomic mass is 9.78. The minimum atomic E-state index is -1.92. The van der Waals surface area contributed by atoms with Gasteiger partial charge < -0.3 is 44.3 Å². The molecule has 0 spiro atoms. The molecule has 1 amide bonds. The Morgan fingerprint density at radius 1 is 1.02 bits per heavy atom. The fraction of sp³-hybridized carbons (Fsp3) is 0.767. The van der Waals surface area contributed by atoms with Gasteiger partial charge in [-0.25, -0.2) is 4.79 Å². The number of hydrogen-bond donors (Lipinski definition) is 4. The van der Waals surface area contributed by atoms with Gasteiger partial charge in [0.05, 0.1) is 36.9 Å². The zero-order valence-electron chi connectivity index (χ0n) is 33.8. The van der Waals surface area contributed by atoms with Gasteiger partial charge in [0.15, 0.2) is 5.79 Å².